The van der Waals surface area contributed by atoms with Crippen LogP contribution in [0.25, 0.3) is 6.08 Å². The number of aromatic carboxylic acids is 1. The predicted octanol–water partition coefficient (Wildman–Crippen LogP) is 3.66. The molecule has 0 atom stereocenters. The molecule has 1 fully saturated rings. The highest BCUT2D eigenvalue weighted by molar-refractivity contribution is 5.95. The Morgan fingerprint density at radius 1 is 1.14 bits per heavy atom. The molecule has 0 bridgehead atoms. The molecule has 146 valence electrons. The molecule has 6 heteroatoms. The molecule has 0 radical (unpaired) electrons. The summed E-state index contributed by atoms with van der Waals surface area (Å²) >= 11 is 0. The lowest BCUT2D eigenvalue weighted by molar-refractivity contribution is 0.0687. The fraction of sp³-hybridized carbons (Fsp3) is 0.273. The minimum atomic E-state index is -1.19. The molecule has 1 aliphatic heterocycles. The molecule has 1 aliphatic rings. The number of carbonyl (C=O) groups is 2. The van der Waals surface area contributed by atoms with Crippen molar-refractivity contribution in [3.05, 3.63) is 65.2 Å². The van der Waals surface area contributed by atoms with E-state index in [-0.39, 0.29) is 23.1 Å². The molecule has 1 amide bonds. The Morgan fingerprint density at radius 3 is 2.43 bits per heavy atom. The van der Waals surface area contributed by atoms with Gasteiger partial charge in [0.25, 0.3) is 5.91 Å². The number of hydrogen-bond acceptors (Lipinski definition) is 4. The molecule has 6 nitrogen and oxygen atoms in total. The Morgan fingerprint density at radius 2 is 1.82 bits per heavy atom. The van der Waals surface area contributed by atoms with Gasteiger partial charge in [-0.25, -0.2) is 4.79 Å². The van der Waals surface area contributed by atoms with Crippen LogP contribution < -0.4 is 4.74 Å². The summed E-state index contributed by atoms with van der Waals surface area (Å²) in [6.07, 6.45) is 5.26. The van der Waals surface area contributed by atoms with Gasteiger partial charge in [0.05, 0.1) is 7.11 Å². The Hall–Kier alpha value is -3.28. The number of rotatable bonds is 5. The van der Waals surface area contributed by atoms with E-state index in [9.17, 15) is 19.8 Å². The van der Waals surface area contributed by atoms with E-state index < -0.39 is 5.97 Å². The largest absolute Gasteiger partial charge is 0.507 e. The second-order valence-electron chi connectivity index (χ2n) is 6.77. The van der Waals surface area contributed by atoms with Crippen LogP contribution in [0.2, 0.25) is 0 Å². The zero-order valence-corrected chi connectivity index (χ0v) is 15.7. The summed E-state index contributed by atoms with van der Waals surface area (Å²) in [5, 5.41) is 19.3. The number of phenols is 1. The summed E-state index contributed by atoms with van der Waals surface area (Å²) in [4.78, 5) is 25.8. The van der Waals surface area contributed by atoms with Crippen molar-refractivity contribution in [1.82, 2.24) is 4.90 Å². The molecule has 0 spiro atoms. The van der Waals surface area contributed by atoms with E-state index >= 15 is 0 Å². The second kappa shape index (κ2) is 8.61. The normalized spacial score (nSPS) is 15.0. The molecule has 28 heavy (non-hydrogen) atoms. The third-order valence-electron chi connectivity index (χ3n) is 4.97. The number of carboxylic acids is 1. The van der Waals surface area contributed by atoms with E-state index in [2.05, 4.69) is 0 Å². The van der Waals surface area contributed by atoms with Crippen LogP contribution in [-0.4, -0.2) is 47.2 Å². The fourth-order valence-corrected chi connectivity index (χ4v) is 3.40. The Labute approximate surface area is 163 Å². The molecule has 0 aliphatic carbocycles. The lowest BCUT2D eigenvalue weighted by Gasteiger charge is -2.30. The summed E-state index contributed by atoms with van der Waals surface area (Å²) in [6.45, 7) is 1.30. The van der Waals surface area contributed by atoms with Gasteiger partial charge in [-0.05, 0) is 42.5 Å². The number of nitrogens with zero attached hydrogens (tertiary/aromatic N) is 1. The number of piperidine rings is 1. The maximum atomic E-state index is 12.5. The molecule has 1 heterocycles. The van der Waals surface area contributed by atoms with Crippen molar-refractivity contribution in [3.8, 4) is 11.5 Å². The number of carbonyl (C=O) groups excluding carboxylic acids is 1. The van der Waals surface area contributed by atoms with E-state index in [0.29, 0.717) is 30.0 Å². The van der Waals surface area contributed by atoms with Crippen molar-refractivity contribution in [2.45, 2.75) is 12.8 Å². The van der Waals surface area contributed by atoms with Gasteiger partial charge in [0, 0.05) is 24.7 Å². The first-order valence-corrected chi connectivity index (χ1v) is 9.16. The number of ether oxygens (including phenoxy) is 1. The van der Waals surface area contributed by atoms with Gasteiger partial charge in [-0.15, -0.1) is 0 Å². The summed E-state index contributed by atoms with van der Waals surface area (Å²) < 4.78 is 5.11. The van der Waals surface area contributed by atoms with E-state index in [1.54, 1.807) is 12.1 Å². The van der Waals surface area contributed by atoms with Gasteiger partial charge in [-0.2, -0.15) is 0 Å². The van der Waals surface area contributed by atoms with Crippen LogP contribution in [-0.2, 0) is 0 Å². The van der Waals surface area contributed by atoms with Gasteiger partial charge in [0.1, 0.15) is 17.1 Å². The summed E-state index contributed by atoms with van der Waals surface area (Å²) in [7, 11) is 1.46. The van der Waals surface area contributed by atoms with Crippen molar-refractivity contribution in [3.63, 3.8) is 0 Å². The van der Waals surface area contributed by atoms with Crippen molar-refractivity contribution >= 4 is 18.0 Å². The van der Waals surface area contributed by atoms with Gasteiger partial charge in [0.2, 0.25) is 0 Å². The van der Waals surface area contributed by atoms with Gasteiger partial charge < -0.3 is 19.8 Å². The number of amides is 1. The minimum absolute atomic E-state index is 0.0360. The molecule has 0 aromatic heterocycles. The van der Waals surface area contributed by atoms with Crippen molar-refractivity contribution in [2.24, 2.45) is 5.92 Å². The van der Waals surface area contributed by atoms with E-state index in [0.717, 1.165) is 12.8 Å². The van der Waals surface area contributed by atoms with Crippen molar-refractivity contribution in [1.29, 1.82) is 0 Å². The monoisotopic (exact) mass is 381 g/mol. The standard InChI is InChI=1S/C22H23NO5/c1-28-18-13-17(20(22(26)27)19(24)14-18)8-7-15-9-11-23(12-10-15)21(25)16-5-3-2-4-6-16/h2-8,13-15,24H,9-12H2,1H3,(H,26,27). The molecule has 2 N–H and O–H groups in total. The van der Waals surface area contributed by atoms with E-state index in [1.807, 2.05) is 41.3 Å². The van der Waals surface area contributed by atoms with Crippen molar-refractivity contribution in [2.75, 3.05) is 20.2 Å². The average Bonchev–Trinajstić information content (AvgIpc) is 2.72. The van der Waals surface area contributed by atoms with Gasteiger partial charge in [0.15, 0.2) is 0 Å². The number of likely N-dealkylation sites (tertiary alicyclic amines) is 1. The zero-order valence-electron chi connectivity index (χ0n) is 15.7. The zero-order chi connectivity index (χ0) is 20.1. The molecule has 1 saturated heterocycles. The third-order valence-corrected chi connectivity index (χ3v) is 4.97. The Bertz CT molecular complexity index is 883. The summed E-state index contributed by atoms with van der Waals surface area (Å²) in [5.41, 5.74) is 0.940. The van der Waals surface area contributed by atoms with Crippen LogP contribution in [0.4, 0.5) is 0 Å². The lowest BCUT2D eigenvalue weighted by atomic mass is 9.94. The first-order valence-electron chi connectivity index (χ1n) is 9.16. The Kier molecular flexibility index (Phi) is 5.99. The molecule has 2 aromatic rings. The van der Waals surface area contributed by atoms with E-state index in [1.165, 1.54) is 13.2 Å². The second-order valence-corrected chi connectivity index (χ2v) is 6.77. The number of benzene rings is 2. The van der Waals surface area contributed by atoms with Crippen LogP contribution in [0.5, 0.6) is 11.5 Å². The van der Waals surface area contributed by atoms with Crippen LogP contribution in [0.3, 0.4) is 0 Å². The molecule has 0 saturated carbocycles. The number of carboxylic acid groups (broad SMARTS) is 1. The van der Waals surface area contributed by atoms with Gasteiger partial charge in [-0.1, -0.05) is 30.4 Å². The fourth-order valence-electron chi connectivity index (χ4n) is 3.40. The first-order chi connectivity index (χ1) is 13.5. The SMILES string of the molecule is COc1cc(O)c(C(=O)O)c(C=CC2CCN(C(=O)c3ccccc3)CC2)c1. The van der Waals surface area contributed by atoms with Gasteiger partial charge in [-0.3, -0.25) is 4.79 Å². The summed E-state index contributed by atoms with van der Waals surface area (Å²) in [6, 6.07) is 12.1. The van der Waals surface area contributed by atoms with Crippen LogP contribution in [0, 0.1) is 5.92 Å². The smallest absolute Gasteiger partial charge is 0.340 e. The minimum Gasteiger partial charge on any atom is -0.507 e. The summed E-state index contributed by atoms with van der Waals surface area (Å²) in [5.74, 6) is -0.855. The molecule has 3 rings (SSSR count). The molecule has 2 aromatic carbocycles. The topological polar surface area (TPSA) is 87.1 Å². The highest BCUT2D eigenvalue weighted by Gasteiger charge is 2.22. The number of aromatic hydroxyl groups is 1. The lowest BCUT2D eigenvalue weighted by Crippen LogP contribution is -2.38. The highest BCUT2D eigenvalue weighted by Crippen LogP contribution is 2.30. The number of allylic oxidation sites excluding steroid dienone is 1. The predicted molar refractivity (Wildman–Crippen MR) is 106 cm³/mol. The molecular weight excluding hydrogens is 358 g/mol. The third kappa shape index (κ3) is 4.34. The highest BCUT2D eigenvalue weighted by atomic mass is 16.5. The number of methoxy groups -OCH3 is 1. The maximum Gasteiger partial charge on any atom is 0.340 e. The number of hydrogen-bond donors (Lipinski definition) is 2. The first kappa shape index (κ1) is 19.5. The van der Waals surface area contributed by atoms with Crippen LogP contribution in [0.15, 0.2) is 48.5 Å². The van der Waals surface area contributed by atoms with Crippen molar-refractivity contribution < 1.29 is 24.5 Å². The quantitative estimate of drug-likeness (QED) is 0.825. The molecular formula is C22H23NO5. The molecule has 0 unspecified atom stereocenters. The van der Waals surface area contributed by atoms with Crippen LogP contribution in [0.1, 0.15) is 39.1 Å². The van der Waals surface area contributed by atoms with Gasteiger partial charge >= 0.3 is 5.97 Å². The average molecular weight is 381 g/mol. The van der Waals surface area contributed by atoms with Crippen LogP contribution >= 0.6 is 0 Å². The Balaban J connectivity index is 1.68. The van der Waals surface area contributed by atoms with E-state index in [4.69, 9.17) is 4.74 Å². The maximum absolute atomic E-state index is 12.5.